The molecule has 0 atom stereocenters. The standard InChI is InChI=1S/C37H23N5O/c1-2-7-26(8-3-1)35-40-36(42-37(41-35)32-11-6-10-31-30-9-4-5-12-33(30)43-34(31)32)29-22-27(24-13-17-38-18-14-24)21-28(23-29)25-15-19-39-20-16-25/h1-23H. The number of fused-ring (bicyclic) bond motifs is 3. The van der Waals surface area contributed by atoms with E-state index >= 15 is 0 Å². The van der Waals surface area contributed by atoms with Gasteiger partial charge in [-0.25, -0.2) is 15.0 Å². The maximum atomic E-state index is 6.37. The van der Waals surface area contributed by atoms with Crippen LogP contribution in [0.2, 0.25) is 0 Å². The van der Waals surface area contributed by atoms with E-state index in [1.165, 1.54) is 0 Å². The van der Waals surface area contributed by atoms with Gasteiger partial charge in [0, 0.05) is 46.7 Å². The summed E-state index contributed by atoms with van der Waals surface area (Å²) in [5.41, 5.74) is 8.35. The van der Waals surface area contributed by atoms with E-state index in [1.54, 1.807) is 24.8 Å². The van der Waals surface area contributed by atoms with Crippen molar-refractivity contribution in [2.75, 3.05) is 0 Å². The Morgan fingerprint density at radius 1 is 0.395 bits per heavy atom. The van der Waals surface area contributed by atoms with Gasteiger partial charge in [0.25, 0.3) is 0 Å². The number of furan rings is 1. The van der Waals surface area contributed by atoms with E-state index in [4.69, 9.17) is 19.4 Å². The zero-order chi connectivity index (χ0) is 28.6. The Morgan fingerprint density at radius 2 is 0.953 bits per heavy atom. The first-order valence-corrected chi connectivity index (χ1v) is 14.0. The average Bonchev–Trinajstić information content (AvgIpc) is 3.48. The third kappa shape index (κ3) is 4.61. The molecule has 4 aromatic carbocycles. The van der Waals surface area contributed by atoms with Crippen molar-refractivity contribution in [3.8, 4) is 56.4 Å². The minimum atomic E-state index is 0.549. The average molecular weight is 554 g/mol. The number of hydrogen-bond acceptors (Lipinski definition) is 6. The molecule has 0 aliphatic heterocycles. The van der Waals surface area contributed by atoms with E-state index in [-0.39, 0.29) is 0 Å². The molecule has 0 aliphatic rings. The van der Waals surface area contributed by atoms with Gasteiger partial charge in [-0.05, 0) is 76.9 Å². The largest absolute Gasteiger partial charge is 0.455 e. The summed E-state index contributed by atoms with van der Waals surface area (Å²) in [6, 6.07) is 38.6. The Bertz CT molecular complexity index is 2170. The lowest BCUT2D eigenvalue weighted by atomic mass is 9.96. The van der Waals surface area contributed by atoms with Gasteiger partial charge in [0.1, 0.15) is 11.2 Å². The molecular formula is C37H23N5O. The van der Waals surface area contributed by atoms with Crippen molar-refractivity contribution in [1.82, 2.24) is 24.9 Å². The number of benzene rings is 4. The first-order chi connectivity index (χ1) is 21.3. The van der Waals surface area contributed by atoms with Gasteiger partial charge in [-0.3, -0.25) is 9.97 Å². The number of rotatable bonds is 5. The second kappa shape index (κ2) is 10.4. The van der Waals surface area contributed by atoms with Crippen LogP contribution in [-0.4, -0.2) is 24.9 Å². The highest BCUT2D eigenvalue weighted by Gasteiger charge is 2.18. The van der Waals surface area contributed by atoms with Gasteiger partial charge in [0.15, 0.2) is 17.5 Å². The fourth-order valence-corrected chi connectivity index (χ4v) is 5.44. The minimum absolute atomic E-state index is 0.549. The molecular weight excluding hydrogens is 530 g/mol. The number of pyridine rings is 2. The maximum absolute atomic E-state index is 6.37. The van der Waals surface area contributed by atoms with Crippen LogP contribution in [0.3, 0.4) is 0 Å². The number of para-hydroxylation sites is 2. The van der Waals surface area contributed by atoms with Crippen LogP contribution in [0.1, 0.15) is 0 Å². The lowest BCUT2D eigenvalue weighted by Gasteiger charge is -2.12. The molecule has 43 heavy (non-hydrogen) atoms. The summed E-state index contributed by atoms with van der Waals surface area (Å²) in [5, 5.41) is 2.08. The Kier molecular flexibility index (Phi) is 6.01. The molecule has 6 heteroatoms. The summed E-state index contributed by atoms with van der Waals surface area (Å²) in [5.74, 6) is 1.71. The van der Waals surface area contributed by atoms with Crippen LogP contribution in [0.4, 0.5) is 0 Å². The van der Waals surface area contributed by atoms with E-state index in [2.05, 4.69) is 40.3 Å². The van der Waals surface area contributed by atoms with Crippen molar-refractivity contribution < 1.29 is 4.42 Å². The van der Waals surface area contributed by atoms with Gasteiger partial charge < -0.3 is 4.42 Å². The molecule has 6 nitrogen and oxygen atoms in total. The second-order valence-electron chi connectivity index (χ2n) is 10.2. The third-order valence-electron chi connectivity index (χ3n) is 7.53. The lowest BCUT2D eigenvalue weighted by Crippen LogP contribution is -2.01. The van der Waals surface area contributed by atoms with Crippen molar-refractivity contribution in [2.45, 2.75) is 0 Å². The molecule has 0 fully saturated rings. The number of nitrogens with zero attached hydrogens (tertiary/aromatic N) is 5. The van der Waals surface area contributed by atoms with Gasteiger partial charge in [0.05, 0.1) is 5.56 Å². The Balaban J connectivity index is 1.38. The topological polar surface area (TPSA) is 77.6 Å². The summed E-state index contributed by atoms with van der Waals surface area (Å²) in [6.07, 6.45) is 7.21. The minimum Gasteiger partial charge on any atom is -0.455 e. The van der Waals surface area contributed by atoms with E-state index < -0.39 is 0 Å². The predicted octanol–water partition coefficient (Wildman–Crippen LogP) is 8.90. The van der Waals surface area contributed by atoms with Gasteiger partial charge in [0.2, 0.25) is 0 Å². The van der Waals surface area contributed by atoms with Crippen molar-refractivity contribution in [3.63, 3.8) is 0 Å². The number of aromatic nitrogens is 5. The molecule has 8 aromatic rings. The van der Waals surface area contributed by atoms with Crippen molar-refractivity contribution >= 4 is 21.9 Å². The Hall–Kier alpha value is -6.01. The molecule has 0 radical (unpaired) electrons. The van der Waals surface area contributed by atoms with Crippen LogP contribution < -0.4 is 0 Å². The smallest absolute Gasteiger partial charge is 0.167 e. The van der Waals surface area contributed by atoms with Crippen LogP contribution in [0.5, 0.6) is 0 Å². The molecule has 0 bridgehead atoms. The van der Waals surface area contributed by atoms with Crippen LogP contribution in [0, 0.1) is 0 Å². The van der Waals surface area contributed by atoms with E-state index in [1.807, 2.05) is 84.9 Å². The van der Waals surface area contributed by atoms with E-state index in [9.17, 15) is 0 Å². The molecule has 4 aromatic heterocycles. The molecule has 202 valence electrons. The summed E-state index contributed by atoms with van der Waals surface area (Å²) in [7, 11) is 0. The Morgan fingerprint density at radius 3 is 1.65 bits per heavy atom. The third-order valence-corrected chi connectivity index (χ3v) is 7.53. The van der Waals surface area contributed by atoms with Crippen molar-refractivity contribution in [3.05, 3.63) is 140 Å². The second-order valence-corrected chi connectivity index (χ2v) is 10.2. The first kappa shape index (κ1) is 24.8. The van der Waals surface area contributed by atoms with Gasteiger partial charge in [-0.2, -0.15) is 0 Å². The zero-order valence-corrected chi connectivity index (χ0v) is 22.9. The maximum Gasteiger partial charge on any atom is 0.167 e. The van der Waals surface area contributed by atoms with Crippen molar-refractivity contribution in [1.29, 1.82) is 0 Å². The highest BCUT2D eigenvalue weighted by molar-refractivity contribution is 6.09. The SMILES string of the molecule is c1ccc(-c2nc(-c3cc(-c4ccncc4)cc(-c4ccncc4)c3)nc(-c3cccc4c3oc3ccccc34)n2)cc1. The monoisotopic (exact) mass is 553 g/mol. The molecule has 0 unspecified atom stereocenters. The fraction of sp³-hybridized carbons (Fsp3) is 0. The van der Waals surface area contributed by atoms with Crippen LogP contribution >= 0.6 is 0 Å². The molecule has 4 heterocycles. The molecule has 0 saturated carbocycles. The lowest BCUT2D eigenvalue weighted by molar-refractivity contribution is 0.669. The molecule has 0 spiro atoms. The zero-order valence-electron chi connectivity index (χ0n) is 22.9. The van der Waals surface area contributed by atoms with E-state index in [0.29, 0.717) is 17.5 Å². The van der Waals surface area contributed by atoms with Crippen LogP contribution in [-0.2, 0) is 0 Å². The van der Waals surface area contributed by atoms with Gasteiger partial charge >= 0.3 is 0 Å². The predicted molar refractivity (Wildman–Crippen MR) is 170 cm³/mol. The molecule has 0 saturated heterocycles. The van der Waals surface area contributed by atoms with E-state index in [0.717, 1.165) is 60.9 Å². The highest BCUT2D eigenvalue weighted by atomic mass is 16.3. The molecule has 0 amide bonds. The summed E-state index contributed by atoms with van der Waals surface area (Å²) >= 11 is 0. The fourth-order valence-electron chi connectivity index (χ4n) is 5.44. The van der Waals surface area contributed by atoms with Crippen molar-refractivity contribution in [2.24, 2.45) is 0 Å². The molecule has 8 rings (SSSR count). The summed E-state index contributed by atoms with van der Waals surface area (Å²) in [4.78, 5) is 23.5. The summed E-state index contributed by atoms with van der Waals surface area (Å²) < 4.78 is 6.37. The van der Waals surface area contributed by atoms with Crippen LogP contribution in [0.25, 0.3) is 78.4 Å². The van der Waals surface area contributed by atoms with Crippen LogP contribution in [0.15, 0.2) is 144 Å². The van der Waals surface area contributed by atoms with Gasteiger partial charge in [-0.1, -0.05) is 60.7 Å². The summed E-state index contributed by atoms with van der Waals surface area (Å²) in [6.45, 7) is 0. The Labute approximate surface area is 247 Å². The number of hydrogen-bond donors (Lipinski definition) is 0. The molecule has 0 N–H and O–H groups in total. The normalized spacial score (nSPS) is 11.3. The van der Waals surface area contributed by atoms with Gasteiger partial charge in [-0.15, -0.1) is 0 Å². The highest BCUT2D eigenvalue weighted by Crippen LogP contribution is 2.37. The first-order valence-electron chi connectivity index (χ1n) is 14.0. The quantitative estimate of drug-likeness (QED) is 0.212. The molecule has 0 aliphatic carbocycles.